The molecule has 0 spiro atoms. The van der Waals surface area contributed by atoms with E-state index in [2.05, 4.69) is 11.9 Å². The van der Waals surface area contributed by atoms with Crippen LogP contribution in [0, 0.1) is 20.8 Å². The molecule has 0 aliphatic carbocycles. The SMILES string of the molecule is Cc1c(C)c2c(c(C)c1O)CCC(C)(CCOc1ccc(N(Cl)C(=O)c3ccc(N=C(N)N)cc3)cc1)O2. The third-order valence-electron chi connectivity index (χ3n) is 7.11. The summed E-state index contributed by atoms with van der Waals surface area (Å²) in [7, 11) is 0. The third kappa shape index (κ3) is 5.65. The van der Waals surface area contributed by atoms with Gasteiger partial charge in [-0.2, -0.15) is 0 Å². The minimum atomic E-state index is -0.381. The molecular weight excluding hydrogens is 504 g/mol. The number of hydrogen-bond acceptors (Lipinski definition) is 5. The van der Waals surface area contributed by atoms with Crippen molar-refractivity contribution in [3.8, 4) is 17.2 Å². The number of nitrogens with zero attached hydrogens (tertiary/aromatic N) is 2. The zero-order valence-corrected chi connectivity index (χ0v) is 22.8. The summed E-state index contributed by atoms with van der Waals surface area (Å²) in [6.07, 6.45) is 2.38. The first-order chi connectivity index (χ1) is 18.0. The monoisotopic (exact) mass is 536 g/mol. The molecule has 1 heterocycles. The van der Waals surface area contributed by atoms with Crippen molar-refractivity contribution in [1.82, 2.24) is 0 Å². The number of aromatic hydroxyl groups is 1. The fraction of sp³-hybridized carbons (Fsp3) is 0.310. The number of rotatable bonds is 7. The Hall–Kier alpha value is -3.91. The third-order valence-corrected chi connectivity index (χ3v) is 7.46. The number of nitrogens with two attached hydrogens (primary N) is 2. The first kappa shape index (κ1) is 27.1. The van der Waals surface area contributed by atoms with Crippen LogP contribution in [-0.2, 0) is 6.42 Å². The van der Waals surface area contributed by atoms with Gasteiger partial charge in [-0.1, -0.05) is 0 Å². The highest BCUT2D eigenvalue weighted by Gasteiger charge is 2.34. The van der Waals surface area contributed by atoms with Crippen LogP contribution in [0.4, 0.5) is 11.4 Å². The van der Waals surface area contributed by atoms with Gasteiger partial charge >= 0.3 is 0 Å². The molecule has 3 aromatic carbocycles. The van der Waals surface area contributed by atoms with Crippen molar-refractivity contribution in [2.75, 3.05) is 11.0 Å². The Morgan fingerprint density at radius 2 is 1.74 bits per heavy atom. The number of anilines is 1. The lowest BCUT2D eigenvalue weighted by Gasteiger charge is -2.38. The van der Waals surface area contributed by atoms with E-state index in [9.17, 15) is 9.90 Å². The Bertz CT molecular complexity index is 1370. The van der Waals surface area contributed by atoms with E-state index in [0.29, 0.717) is 41.5 Å². The quantitative estimate of drug-likeness (QED) is 0.206. The van der Waals surface area contributed by atoms with Gasteiger partial charge in [0, 0.05) is 29.3 Å². The van der Waals surface area contributed by atoms with Crippen LogP contribution < -0.4 is 25.4 Å². The molecule has 0 radical (unpaired) electrons. The number of ether oxygens (including phenoxy) is 2. The number of phenols is 1. The molecule has 8 nitrogen and oxygen atoms in total. The number of carbonyl (C=O) groups excluding carboxylic acids is 1. The molecule has 0 fully saturated rings. The number of hydrogen-bond donors (Lipinski definition) is 3. The smallest absolute Gasteiger partial charge is 0.272 e. The average Bonchev–Trinajstić information content (AvgIpc) is 2.90. The minimum Gasteiger partial charge on any atom is -0.507 e. The van der Waals surface area contributed by atoms with Crippen LogP contribution in [-0.4, -0.2) is 29.2 Å². The highest BCUT2D eigenvalue weighted by molar-refractivity contribution is 6.39. The number of halogens is 1. The van der Waals surface area contributed by atoms with Crippen molar-refractivity contribution in [3.63, 3.8) is 0 Å². The summed E-state index contributed by atoms with van der Waals surface area (Å²) < 4.78 is 13.5. The zero-order chi connectivity index (χ0) is 27.6. The Morgan fingerprint density at radius 3 is 2.37 bits per heavy atom. The second kappa shape index (κ2) is 10.8. The lowest BCUT2D eigenvalue weighted by molar-refractivity contribution is 0.0411. The second-order valence-electron chi connectivity index (χ2n) is 9.85. The van der Waals surface area contributed by atoms with Crippen molar-refractivity contribution in [3.05, 3.63) is 76.3 Å². The van der Waals surface area contributed by atoms with E-state index in [1.54, 1.807) is 48.5 Å². The normalized spacial score (nSPS) is 16.2. The average molecular weight is 537 g/mol. The molecule has 38 heavy (non-hydrogen) atoms. The molecule has 200 valence electrons. The molecule has 0 saturated heterocycles. The van der Waals surface area contributed by atoms with Gasteiger partial charge in [-0.05, 0) is 106 Å². The van der Waals surface area contributed by atoms with Gasteiger partial charge < -0.3 is 26.0 Å². The van der Waals surface area contributed by atoms with Gasteiger partial charge in [-0.15, -0.1) is 0 Å². The number of benzene rings is 3. The predicted octanol–water partition coefficient (Wildman–Crippen LogP) is 5.58. The van der Waals surface area contributed by atoms with Crippen LogP contribution in [0.3, 0.4) is 0 Å². The number of aliphatic imine (C=N–C) groups is 1. The molecule has 1 amide bonds. The summed E-state index contributed by atoms with van der Waals surface area (Å²) in [5.41, 5.74) is 15.7. The number of fused-ring (bicyclic) bond motifs is 1. The number of amides is 1. The van der Waals surface area contributed by atoms with E-state index < -0.39 is 0 Å². The minimum absolute atomic E-state index is 0.0579. The van der Waals surface area contributed by atoms with Crippen LogP contribution in [0.5, 0.6) is 17.2 Å². The van der Waals surface area contributed by atoms with Gasteiger partial charge in [0.15, 0.2) is 5.96 Å². The van der Waals surface area contributed by atoms with Crippen LogP contribution in [0.1, 0.15) is 52.4 Å². The maximum absolute atomic E-state index is 12.8. The first-order valence-electron chi connectivity index (χ1n) is 12.4. The second-order valence-corrected chi connectivity index (χ2v) is 10.2. The van der Waals surface area contributed by atoms with E-state index in [1.165, 1.54) is 0 Å². The molecular formula is C29H33ClN4O4. The van der Waals surface area contributed by atoms with Crippen molar-refractivity contribution in [1.29, 1.82) is 0 Å². The van der Waals surface area contributed by atoms with Gasteiger partial charge in [0.2, 0.25) is 0 Å². The molecule has 0 aromatic heterocycles. The van der Waals surface area contributed by atoms with Crippen molar-refractivity contribution in [2.45, 2.75) is 52.6 Å². The molecule has 1 unspecified atom stereocenters. The molecule has 1 atom stereocenters. The van der Waals surface area contributed by atoms with E-state index >= 15 is 0 Å². The Balaban J connectivity index is 1.35. The van der Waals surface area contributed by atoms with Crippen molar-refractivity contribution < 1.29 is 19.4 Å². The van der Waals surface area contributed by atoms with E-state index in [1.807, 2.05) is 20.8 Å². The molecule has 5 N–H and O–H groups in total. The maximum atomic E-state index is 12.8. The zero-order valence-electron chi connectivity index (χ0n) is 22.0. The molecule has 1 aliphatic rings. The summed E-state index contributed by atoms with van der Waals surface area (Å²) in [4.78, 5) is 16.7. The number of phenolic OH excluding ortho intramolecular Hbond substituents is 1. The molecule has 0 saturated carbocycles. The molecule has 4 rings (SSSR count). The van der Waals surface area contributed by atoms with Gasteiger partial charge in [0.25, 0.3) is 5.91 Å². The fourth-order valence-corrected chi connectivity index (χ4v) is 4.80. The maximum Gasteiger partial charge on any atom is 0.272 e. The summed E-state index contributed by atoms with van der Waals surface area (Å²) in [6.45, 7) is 8.41. The molecule has 9 heteroatoms. The fourth-order valence-electron chi connectivity index (χ4n) is 4.59. The first-order valence-corrected chi connectivity index (χ1v) is 12.8. The molecule has 0 bridgehead atoms. The van der Waals surface area contributed by atoms with E-state index in [0.717, 1.165) is 45.3 Å². The largest absolute Gasteiger partial charge is 0.507 e. The summed E-state index contributed by atoms with van der Waals surface area (Å²) >= 11 is 6.32. The highest BCUT2D eigenvalue weighted by Crippen LogP contribution is 2.44. The number of guanidine groups is 1. The van der Waals surface area contributed by atoms with Gasteiger partial charge in [-0.25, -0.2) is 9.41 Å². The Labute approximate surface area is 227 Å². The van der Waals surface area contributed by atoms with Crippen LogP contribution in [0.2, 0.25) is 0 Å². The summed E-state index contributed by atoms with van der Waals surface area (Å²) in [5, 5.41) is 10.4. The van der Waals surface area contributed by atoms with Crippen LogP contribution in [0.15, 0.2) is 53.5 Å². The highest BCUT2D eigenvalue weighted by atomic mass is 35.5. The molecule has 1 aliphatic heterocycles. The van der Waals surface area contributed by atoms with Crippen molar-refractivity contribution in [2.24, 2.45) is 16.5 Å². The predicted molar refractivity (Wildman–Crippen MR) is 151 cm³/mol. The van der Waals surface area contributed by atoms with Crippen LogP contribution in [0.25, 0.3) is 0 Å². The Kier molecular flexibility index (Phi) is 7.73. The summed E-state index contributed by atoms with van der Waals surface area (Å²) in [6, 6.07) is 13.5. The van der Waals surface area contributed by atoms with Gasteiger partial charge in [0.05, 0.1) is 18.0 Å². The van der Waals surface area contributed by atoms with E-state index in [-0.39, 0.29) is 17.5 Å². The van der Waals surface area contributed by atoms with Gasteiger partial charge in [0.1, 0.15) is 22.8 Å². The lowest BCUT2D eigenvalue weighted by atomic mass is 9.86. The standard InChI is InChI=1S/C29H33ClN4O4/c1-17-18(2)26-24(19(3)25(17)35)13-14-29(4,38-26)15-16-37-23-11-9-22(10-12-23)34(30)27(36)20-5-7-21(8-6-20)33-28(31)32/h5-12,35H,13-16H2,1-4H3,(H4,31,32,33). The van der Waals surface area contributed by atoms with Gasteiger partial charge in [-0.3, -0.25) is 4.79 Å². The summed E-state index contributed by atoms with van der Waals surface area (Å²) in [5.74, 6) is 1.47. The Morgan fingerprint density at radius 1 is 1.08 bits per heavy atom. The van der Waals surface area contributed by atoms with E-state index in [4.69, 9.17) is 32.7 Å². The number of carbonyl (C=O) groups is 1. The molecule has 3 aromatic rings. The van der Waals surface area contributed by atoms with Crippen molar-refractivity contribution >= 4 is 35.0 Å². The topological polar surface area (TPSA) is 123 Å². The van der Waals surface area contributed by atoms with Crippen LogP contribution >= 0.6 is 11.8 Å². The lowest BCUT2D eigenvalue weighted by Crippen LogP contribution is -2.38.